The molecule has 0 atom stereocenters. The molecule has 0 amide bonds. The van der Waals surface area contributed by atoms with Gasteiger partial charge >= 0.3 is 0 Å². The number of aromatic nitrogens is 5. The fourth-order valence-electron chi connectivity index (χ4n) is 4.00. The first kappa shape index (κ1) is 22.8. The van der Waals surface area contributed by atoms with Crippen molar-refractivity contribution in [3.8, 4) is 34.1 Å². The van der Waals surface area contributed by atoms with Crippen LogP contribution in [-0.2, 0) is 0 Å². The van der Waals surface area contributed by atoms with Gasteiger partial charge in [0.05, 0.1) is 16.8 Å². The minimum Gasteiger partial charge on any atom is -0.494 e. The SMILES string of the molecule is CCOc1ccc(-c2nn(-c3ccccc3)cc2C=c2sc3nc(-c4ccc(F)cc4)nn3c2=O)cc1. The maximum absolute atomic E-state index is 13.3. The standard InChI is InChI=1S/C28H20FN5O2S/c1-2-36-23-14-10-18(11-15-23)25-20(17-33(31-25)22-6-4-3-5-7-22)16-24-27(35)34-28(37-24)30-26(32-34)19-8-12-21(29)13-9-19/h3-17H,2H2,1H3. The Morgan fingerprint density at radius 3 is 2.38 bits per heavy atom. The summed E-state index contributed by atoms with van der Waals surface area (Å²) in [5.74, 6) is 0.816. The molecule has 0 saturated carbocycles. The summed E-state index contributed by atoms with van der Waals surface area (Å²) in [6.07, 6.45) is 3.72. The van der Waals surface area contributed by atoms with E-state index in [1.54, 1.807) is 16.8 Å². The fourth-order valence-corrected chi connectivity index (χ4v) is 4.90. The van der Waals surface area contributed by atoms with Gasteiger partial charge in [-0.1, -0.05) is 29.5 Å². The van der Waals surface area contributed by atoms with Crippen molar-refractivity contribution < 1.29 is 9.13 Å². The molecular formula is C28H20FN5O2S. The molecule has 0 saturated heterocycles. The van der Waals surface area contributed by atoms with Gasteiger partial charge in [-0.05, 0) is 73.7 Å². The van der Waals surface area contributed by atoms with E-state index in [1.807, 2.05) is 73.8 Å². The van der Waals surface area contributed by atoms with Gasteiger partial charge in [0, 0.05) is 22.9 Å². The van der Waals surface area contributed by atoms with Crippen LogP contribution in [0, 0.1) is 5.82 Å². The summed E-state index contributed by atoms with van der Waals surface area (Å²) in [5.41, 5.74) is 3.69. The molecule has 0 aliphatic carbocycles. The zero-order chi connectivity index (χ0) is 25.4. The van der Waals surface area contributed by atoms with E-state index >= 15 is 0 Å². The zero-order valence-corrected chi connectivity index (χ0v) is 20.5. The summed E-state index contributed by atoms with van der Waals surface area (Å²) in [5, 5.41) is 9.19. The van der Waals surface area contributed by atoms with Crippen LogP contribution in [0.1, 0.15) is 12.5 Å². The third-order valence-corrected chi connectivity index (χ3v) is 6.73. The highest BCUT2D eigenvalue weighted by Crippen LogP contribution is 2.26. The molecule has 0 unspecified atom stereocenters. The van der Waals surface area contributed by atoms with Crippen LogP contribution in [0.15, 0.2) is 89.9 Å². The number of hydrogen-bond acceptors (Lipinski definition) is 6. The van der Waals surface area contributed by atoms with Crippen molar-refractivity contribution >= 4 is 22.4 Å². The van der Waals surface area contributed by atoms with Gasteiger partial charge in [0.1, 0.15) is 17.3 Å². The summed E-state index contributed by atoms with van der Waals surface area (Å²) in [7, 11) is 0. The second-order valence-corrected chi connectivity index (χ2v) is 9.23. The predicted molar refractivity (Wildman–Crippen MR) is 141 cm³/mol. The number of thiazole rings is 1. The average Bonchev–Trinajstić information content (AvgIpc) is 3.61. The third-order valence-electron chi connectivity index (χ3n) is 5.77. The molecule has 6 aromatic rings. The van der Waals surface area contributed by atoms with Gasteiger partial charge in [-0.25, -0.2) is 9.07 Å². The number of benzene rings is 3. The Bertz CT molecular complexity index is 1810. The van der Waals surface area contributed by atoms with Crippen LogP contribution in [0.2, 0.25) is 0 Å². The van der Waals surface area contributed by atoms with Crippen molar-refractivity contribution in [1.29, 1.82) is 0 Å². The molecule has 3 aromatic heterocycles. The number of hydrogen-bond donors (Lipinski definition) is 0. The number of rotatable bonds is 6. The van der Waals surface area contributed by atoms with Crippen LogP contribution in [0.3, 0.4) is 0 Å². The van der Waals surface area contributed by atoms with Gasteiger partial charge in [0.2, 0.25) is 4.96 Å². The maximum Gasteiger partial charge on any atom is 0.291 e. The van der Waals surface area contributed by atoms with Crippen LogP contribution in [0.4, 0.5) is 4.39 Å². The monoisotopic (exact) mass is 509 g/mol. The number of nitrogens with zero attached hydrogens (tertiary/aromatic N) is 5. The van der Waals surface area contributed by atoms with Crippen molar-refractivity contribution in [3.63, 3.8) is 0 Å². The van der Waals surface area contributed by atoms with Crippen molar-refractivity contribution in [2.75, 3.05) is 6.61 Å². The minimum absolute atomic E-state index is 0.272. The summed E-state index contributed by atoms with van der Waals surface area (Å²) in [6.45, 7) is 2.53. The van der Waals surface area contributed by atoms with E-state index in [0.29, 0.717) is 27.5 Å². The van der Waals surface area contributed by atoms with Crippen LogP contribution in [0.5, 0.6) is 5.75 Å². The molecular weight excluding hydrogens is 489 g/mol. The summed E-state index contributed by atoms with van der Waals surface area (Å²) < 4.78 is 22.4. The predicted octanol–water partition coefficient (Wildman–Crippen LogP) is 4.76. The Morgan fingerprint density at radius 2 is 1.68 bits per heavy atom. The lowest BCUT2D eigenvalue weighted by Crippen LogP contribution is -2.23. The molecule has 0 radical (unpaired) electrons. The molecule has 0 fully saturated rings. The van der Waals surface area contributed by atoms with E-state index in [9.17, 15) is 9.18 Å². The summed E-state index contributed by atoms with van der Waals surface area (Å²) in [6, 6.07) is 23.4. The van der Waals surface area contributed by atoms with Gasteiger partial charge in [0.15, 0.2) is 5.82 Å². The highest BCUT2D eigenvalue weighted by Gasteiger charge is 2.15. The number of ether oxygens (including phenoxy) is 1. The zero-order valence-electron chi connectivity index (χ0n) is 19.7. The molecule has 0 aliphatic heterocycles. The van der Waals surface area contributed by atoms with E-state index in [-0.39, 0.29) is 11.4 Å². The molecule has 0 bridgehead atoms. The molecule has 0 aliphatic rings. The van der Waals surface area contributed by atoms with Gasteiger partial charge in [-0.3, -0.25) is 4.79 Å². The molecule has 7 nitrogen and oxygen atoms in total. The molecule has 0 N–H and O–H groups in total. The largest absolute Gasteiger partial charge is 0.494 e. The Labute approximate surface area is 214 Å². The normalized spacial score (nSPS) is 11.9. The molecule has 9 heteroatoms. The molecule has 6 rings (SSSR count). The van der Waals surface area contributed by atoms with Crippen molar-refractivity contribution in [3.05, 3.63) is 111 Å². The maximum atomic E-state index is 13.3. The number of fused-ring (bicyclic) bond motifs is 1. The lowest BCUT2D eigenvalue weighted by molar-refractivity contribution is 0.340. The van der Waals surface area contributed by atoms with Gasteiger partial charge in [0.25, 0.3) is 5.56 Å². The Kier molecular flexibility index (Phi) is 5.82. The first-order chi connectivity index (χ1) is 18.1. The third kappa shape index (κ3) is 4.41. The smallest absolute Gasteiger partial charge is 0.291 e. The molecule has 37 heavy (non-hydrogen) atoms. The van der Waals surface area contributed by atoms with Crippen LogP contribution < -0.4 is 14.8 Å². The fraction of sp³-hybridized carbons (Fsp3) is 0.0714. The highest BCUT2D eigenvalue weighted by atomic mass is 32.1. The summed E-state index contributed by atoms with van der Waals surface area (Å²) >= 11 is 1.25. The van der Waals surface area contributed by atoms with Crippen LogP contribution in [0.25, 0.3) is 39.4 Å². The topological polar surface area (TPSA) is 74.3 Å². The number of halogens is 1. The number of para-hydroxylation sites is 1. The Hall–Kier alpha value is -4.63. The Balaban J connectivity index is 1.45. The van der Waals surface area contributed by atoms with E-state index < -0.39 is 0 Å². The lowest BCUT2D eigenvalue weighted by Gasteiger charge is -2.04. The van der Waals surface area contributed by atoms with Crippen molar-refractivity contribution in [2.24, 2.45) is 0 Å². The Morgan fingerprint density at radius 1 is 0.946 bits per heavy atom. The molecule has 182 valence electrons. The van der Waals surface area contributed by atoms with Crippen LogP contribution in [-0.4, -0.2) is 31.0 Å². The van der Waals surface area contributed by atoms with Crippen LogP contribution >= 0.6 is 11.3 Å². The lowest BCUT2D eigenvalue weighted by atomic mass is 10.1. The molecule has 3 heterocycles. The molecule has 3 aromatic carbocycles. The second kappa shape index (κ2) is 9.44. The second-order valence-electron chi connectivity index (χ2n) is 8.22. The van der Waals surface area contributed by atoms with E-state index in [0.717, 1.165) is 28.3 Å². The van der Waals surface area contributed by atoms with Gasteiger partial charge in [-0.15, -0.1) is 5.10 Å². The van der Waals surface area contributed by atoms with Crippen molar-refractivity contribution in [1.82, 2.24) is 24.4 Å². The van der Waals surface area contributed by atoms with Crippen molar-refractivity contribution in [2.45, 2.75) is 6.92 Å². The average molecular weight is 510 g/mol. The minimum atomic E-state index is -0.342. The summed E-state index contributed by atoms with van der Waals surface area (Å²) in [4.78, 5) is 18.2. The van der Waals surface area contributed by atoms with E-state index in [4.69, 9.17) is 9.84 Å². The highest BCUT2D eigenvalue weighted by molar-refractivity contribution is 7.15. The van der Waals surface area contributed by atoms with E-state index in [1.165, 1.54) is 28.0 Å². The first-order valence-corrected chi connectivity index (χ1v) is 12.5. The molecule has 0 spiro atoms. The van der Waals surface area contributed by atoms with Gasteiger partial charge < -0.3 is 4.74 Å². The first-order valence-electron chi connectivity index (χ1n) is 11.6. The van der Waals surface area contributed by atoms with E-state index in [2.05, 4.69) is 10.1 Å². The van der Waals surface area contributed by atoms with Gasteiger partial charge in [-0.2, -0.15) is 14.6 Å². The quantitative estimate of drug-likeness (QED) is 0.324.